The van der Waals surface area contributed by atoms with Gasteiger partial charge in [0, 0.05) is 10.6 Å². The summed E-state index contributed by atoms with van der Waals surface area (Å²) in [6.07, 6.45) is 0. The van der Waals surface area contributed by atoms with Crippen LogP contribution in [-0.4, -0.2) is 23.3 Å². The second-order valence-corrected chi connectivity index (χ2v) is 6.88. The van der Waals surface area contributed by atoms with Crippen LogP contribution < -0.4 is 15.0 Å². The summed E-state index contributed by atoms with van der Waals surface area (Å²) in [6, 6.07) is 22.0. The van der Waals surface area contributed by atoms with Crippen LogP contribution in [0.4, 0.5) is 0 Å². The average Bonchev–Trinajstić information content (AvgIpc) is 2.75. The molecule has 5 nitrogen and oxygen atoms in total. The van der Waals surface area contributed by atoms with Crippen molar-refractivity contribution >= 4 is 22.5 Å². The van der Waals surface area contributed by atoms with Gasteiger partial charge in [-0.25, -0.2) is 4.98 Å². The first-order chi connectivity index (χ1) is 14.2. The van der Waals surface area contributed by atoms with Crippen molar-refractivity contribution in [3.63, 3.8) is 0 Å². The van der Waals surface area contributed by atoms with Crippen LogP contribution >= 0.6 is 11.6 Å². The van der Waals surface area contributed by atoms with Gasteiger partial charge >= 0.3 is 0 Å². The first kappa shape index (κ1) is 19.0. The highest BCUT2D eigenvalue weighted by molar-refractivity contribution is 6.30. The largest absolute Gasteiger partial charge is 0.497 e. The Morgan fingerprint density at radius 2 is 1.76 bits per heavy atom. The fourth-order valence-corrected chi connectivity index (χ4v) is 3.33. The van der Waals surface area contributed by atoms with Gasteiger partial charge in [-0.1, -0.05) is 29.8 Å². The van der Waals surface area contributed by atoms with Crippen molar-refractivity contribution in [3.8, 4) is 22.9 Å². The monoisotopic (exact) mass is 406 g/mol. The Hall–Kier alpha value is -3.31. The number of hydrogen-bond donors (Lipinski definition) is 0. The molecule has 0 aliphatic rings. The SMILES string of the molecule is COc1ccc(-c2nc3ccccc3c(=O)n2CCOc2cccc(Cl)c2)cc1. The molecule has 6 heteroatoms. The van der Waals surface area contributed by atoms with Gasteiger partial charge in [-0.3, -0.25) is 9.36 Å². The number of para-hydroxylation sites is 1. The molecule has 1 aromatic heterocycles. The fourth-order valence-electron chi connectivity index (χ4n) is 3.15. The quantitative estimate of drug-likeness (QED) is 0.461. The zero-order valence-electron chi connectivity index (χ0n) is 15.8. The van der Waals surface area contributed by atoms with Crippen molar-refractivity contribution < 1.29 is 9.47 Å². The number of benzene rings is 3. The lowest BCUT2D eigenvalue weighted by molar-refractivity contribution is 0.297. The van der Waals surface area contributed by atoms with E-state index in [9.17, 15) is 4.79 Å². The van der Waals surface area contributed by atoms with Gasteiger partial charge in [0.25, 0.3) is 5.56 Å². The molecule has 0 atom stereocenters. The maximum atomic E-state index is 13.2. The van der Waals surface area contributed by atoms with E-state index >= 15 is 0 Å². The molecule has 0 spiro atoms. The molecule has 1 heterocycles. The highest BCUT2D eigenvalue weighted by atomic mass is 35.5. The molecule has 146 valence electrons. The molecule has 0 aliphatic heterocycles. The number of hydrogen-bond acceptors (Lipinski definition) is 4. The van der Waals surface area contributed by atoms with Gasteiger partial charge in [-0.05, 0) is 54.6 Å². The van der Waals surface area contributed by atoms with Crippen LogP contribution in [0.3, 0.4) is 0 Å². The predicted octanol–water partition coefficient (Wildman–Crippen LogP) is 4.80. The van der Waals surface area contributed by atoms with E-state index < -0.39 is 0 Å². The Morgan fingerprint density at radius 1 is 0.966 bits per heavy atom. The Kier molecular flexibility index (Phi) is 5.49. The Balaban J connectivity index is 1.71. The van der Waals surface area contributed by atoms with Gasteiger partial charge in [0.1, 0.15) is 23.9 Å². The zero-order chi connectivity index (χ0) is 20.2. The topological polar surface area (TPSA) is 53.3 Å². The highest BCUT2D eigenvalue weighted by Gasteiger charge is 2.13. The molecular weight excluding hydrogens is 388 g/mol. The predicted molar refractivity (Wildman–Crippen MR) is 115 cm³/mol. The molecule has 29 heavy (non-hydrogen) atoms. The van der Waals surface area contributed by atoms with Crippen molar-refractivity contribution in [2.45, 2.75) is 6.54 Å². The molecule has 0 amide bonds. The number of ether oxygens (including phenoxy) is 2. The molecular formula is C23H19ClN2O3. The summed E-state index contributed by atoms with van der Waals surface area (Å²) in [5.74, 6) is 1.99. The fraction of sp³-hybridized carbons (Fsp3) is 0.130. The van der Waals surface area contributed by atoms with Crippen LogP contribution in [0.25, 0.3) is 22.3 Å². The molecule has 4 aromatic rings. The Labute approximate surface area is 173 Å². The van der Waals surface area contributed by atoms with E-state index in [0.29, 0.717) is 40.7 Å². The lowest BCUT2D eigenvalue weighted by atomic mass is 10.1. The number of rotatable bonds is 6. The van der Waals surface area contributed by atoms with Gasteiger partial charge in [-0.15, -0.1) is 0 Å². The smallest absolute Gasteiger partial charge is 0.261 e. The van der Waals surface area contributed by atoms with Gasteiger partial charge in [0.05, 0.1) is 24.6 Å². The molecule has 0 radical (unpaired) electrons. The summed E-state index contributed by atoms with van der Waals surface area (Å²) in [5, 5.41) is 1.18. The van der Waals surface area contributed by atoms with Gasteiger partial charge < -0.3 is 9.47 Å². The molecule has 0 saturated heterocycles. The van der Waals surface area contributed by atoms with E-state index in [1.54, 1.807) is 29.9 Å². The molecule has 0 N–H and O–H groups in total. The third-order valence-corrected chi connectivity index (χ3v) is 4.82. The third kappa shape index (κ3) is 4.10. The summed E-state index contributed by atoms with van der Waals surface area (Å²) >= 11 is 6.01. The Morgan fingerprint density at radius 3 is 2.52 bits per heavy atom. The molecule has 0 unspecified atom stereocenters. The summed E-state index contributed by atoms with van der Waals surface area (Å²) in [4.78, 5) is 17.9. The van der Waals surface area contributed by atoms with E-state index in [2.05, 4.69) is 0 Å². The van der Waals surface area contributed by atoms with Crippen molar-refractivity contribution in [2.75, 3.05) is 13.7 Å². The van der Waals surface area contributed by atoms with E-state index in [0.717, 1.165) is 11.3 Å². The molecule has 0 saturated carbocycles. The maximum Gasteiger partial charge on any atom is 0.261 e. The van der Waals surface area contributed by atoms with Crippen LogP contribution in [0.1, 0.15) is 0 Å². The molecule has 4 rings (SSSR count). The summed E-state index contributed by atoms with van der Waals surface area (Å²) in [5.41, 5.74) is 1.39. The number of fused-ring (bicyclic) bond motifs is 1. The summed E-state index contributed by atoms with van der Waals surface area (Å²) < 4.78 is 12.7. The Bertz CT molecular complexity index is 1200. The minimum Gasteiger partial charge on any atom is -0.497 e. The lowest BCUT2D eigenvalue weighted by Crippen LogP contribution is -2.26. The normalized spacial score (nSPS) is 10.8. The van der Waals surface area contributed by atoms with Crippen molar-refractivity contribution in [1.82, 2.24) is 9.55 Å². The molecule has 0 bridgehead atoms. The molecule has 0 fully saturated rings. The maximum absolute atomic E-state index is 13.2. The summed E-state index contributed by atoms with van der Waals surface area (Å²) in [6.45, 7) is 0.661. The van der Waals surface area contributed by atoms with Crippen LogP contribution in [0.5, 0.6) is 11.5 Å². The van der Waals surface area contributed by atoms with Crippen LogP contribution in [0.2, 0.25) is 5.02 Å². The summed E-state index contributed by atoms with van der Waals surface area (Å²) in [7, 11) is 1.62. The standard InChI is InChI=1S/C23H19ClN2O3/c1-28-18-11-9-16(10-12-18)22-25-21-8-3-2-7-20(21)23(27)26(22)13-14-29-19-6-4-5-17(24)15-19/h2-12,15H,13-14H2,1H3. The van der Waals surface area contributed by atoms with Gasteiger partial charge in [0.2, 0.25) is 0 Å². The molecule has 3 aromatic carbocycles. The minimum atomic E-state index is -0.101. The van der Waals surface area contributed by atoms with Gasteiger partial charge in [0.15, 0.2) is 0 Å². The van der Waals surface area contributed by atoms with Crippen LogP contribution in [0, 0.1) is 0 Å². The highest BCUT2D eigenvalue weighted by Crippen LogP contribution is 2.22. The third-order valence-electron chi connectivity index (χ3n) is 4.59. The lowest BCUT2D eigenvalue weighted by Gasteiger charge is -2.15. The number of methoxy groups -OCH3 is 1. The van der Waals surface area contributed by atoms with Gasteiger partial charge in [-0.2, -0.15) is 0 Å². The van der Waals surface area contributed by atoms with Crippen LogP contribution in [-0.2, 0) is 6.54 Å². The van der Waals surface area contributed by atoms with Crippen LogP contribution in [0.15, 0.2) is 77.6 Å². The van der Waals surface area contributed by atoms with E-state index in [-0.39, 0.29) is 5.56 Å². The van der Waals surface area contributed by atoms with E-state index in [4.69, 9.17) is 26.1 Å². The zero-order valence-corrected chi connectivity index (χ0v) is 16.6. The number of halogens is 1. The minimum absolute atomic E-state index is 0.101. The van der Waals surface area contributed by atoms with E-state index in [1.165, 1.54) is 0 Å². The second kappa shape index (κ2) is 8.37. The van der Waals surface area contributed by atoms with Crippen molar-refractivity contribution in [2.24, 2.45) is 0 Å². The average molecular weight is 407 g/mol. The number of aromatic nitrogens is 2. The van der Waals surface area contributed by atoms with Crippen molar-refractivity contribution in [1.29, 1.82) is 0 Å². The first-order valence-electron chi connectivity index (χ1n) is 9.18. The van der Waals surface area contributed by atoms with E-state index in [1.807, 2.05) is 54.6 Å². The van der Waals surface area contributed by atoms with Crippen molar-refractivity contribution in [3.05, 3.63) is 88.2 Å². The first-order valence-corrected chi connectivity index (χ1v) is 9.56. The number of nitrogens with zero attached hydrogens (tertiary/aromatic N) is 2. The molecule has 0 aliphatic carbocycles. The second-order valence-electron chi connectivity index (χ2n) is 6.44.